The van der Waals surface area contributed by atoms with Crippen molar-refractivity contribution >= 4 is 67.7 Å². The molecule has 0 fully saturated rings. The number of ether oxygens (including phenoxy) is 1. The number of allylic oxidation sites excluding steroid dienone is 1. The number of nitriles is 2. The predicted molar refractivity (Wildman–Crippen MR) is 121 cm³/mol. The topological polar surface area (TPSA) is 111 Å². The van der Waals surface area contributed by atoms with Gasteiger partial charge in [0.25, 0.3) is 0 Å². The molecule has 0 aliphatic rings. The molecule has 1 heterocycles. The summed E-state index contributed by atoms with van der Waals surface area (Å²) in [7, 11) is 0. The SMILES string of the molecule is CCOC(=O)c1sc(CC(=O)/C(C#N)=C/c2cc(Br)cc(I)c2O)c(C#N)c1C. The number of esters is 1. The molecule has 0 spiro atoms. The molecule has 1 aromatic carbocycles. The van der Waals surface area contributed by atoms with E-state index in [1.54, 1.807) is 26.0 Å². The third-order valence-corrected chi connectivity index (χ3v) is 6.44. The Kier molecular flexibility index (Phi) is 7.96. The van der Waals surface area contributed by atoms with Crippen LogP contribution in [0.4, 0.5) is 0 Å². The maximum absolute atomic E-state index is 12.7. The number of rotatable bonds is 6. The standard InChI is InChI=1S/C20H14BrIN2O4S/c1-3-28-20(27)19-10(2)14(9-24)17(29-19)7-16(25)12(8-23)4-11-5-13(21)6-15(22)18(11)26/h4-6,26H,3,7H2,1-2H3/b12-4+. The fraction of sp³-hybridized carbons (Fsp3) is 0.200. The first-order valence-corrected chi connectivity index (χ1v) is 10.9. The smallest absolute Gasteiger partial charge is 0.348 e. The maximum Gasteiger partial charge on any atom is 0.348 e. The normalized spacial score (nSPS) is 10.9. The number of nitrogens with zero attached hydrogens (tertiary/aromatic N) is 2. The number of phenols is 1. The second kappa shape index (κ2) is 10.0. The molecule has 0 aliphatic heterocycles. The first kappa shape index (κ1) is 23.1. The van der Waals surface area contributed by atoms with E-state index in [2.05, 4.69) is 15.9 Å². The molecule has 0 saturated heterocycles. The third-order valence-electron chi connectivity index (χ3n) is 3.89. The average molecular weight is 585 g/mol. The van der Waals surface area contributed by atoms with Gasteiger partial charge in [-0.3, -0.25) is 4.79 Å². The van der Waals surface area contributed by atoms with E-state index in [4.69, 9.17) is 4.74 Å². The van der Waals surface area contributed by atoms with E-state index in [-0.39, 0.29) is 34.8 Å². The molecular formula is C20H14BrIN2O4S. The second-order valence-corrected chi connectivity index (χ2v) is 8.96. The lowest BCUT2D eigenvalue weighted by atomic mass is 10.0. The summed E-state index contributed by atoms with van der Waals surface area (Å²) < 4.78 is 6.24. The molecule has 2 rings (SSSR count). The van der Waals surface area contributed by atoms with Crippen LogP contribution in [0.15, 0.2) is 22.2 Å². The Morgan fingerprint density at radius 1 is 1.38 bits per heavy atom. The van der Waals surface area contributed by atoms with Gasteiger partial charge in [-0.25, -0.2) is 4.79 Å². The molecule has 1 aromatic heterocycles. The number of carbonyl (C=O) groups excluding carboxylic acids is 2. The summed E-state index contributed by atoms with van der Waals surface area (Å²) in [6, 6.07) is 7.16. The molecule has 0 radical (unpaired) electrons. The van der Waals surface area contributed by atoms with Gasteiger partial charge in [0.1, 0.15) is 22.8 Å². The Hall–Kier alpha value is -2.21. The highest BCUT2D eigenvalue weighted by Crippen LogP contribution is 2.32. The van der Waals surface area contributed by atoms with Crippen molar-refractivity contribution < 1.29 is 19.4 Å². The molecule has 1 N–H and O–H groups in total. The average Bonchev–Trinajstić information content (AvgIpc) is 2.98. The Morgan fingerprint density at radius 2 is 2.07 bits per heavy atom. The summed E-state index contributed by atoms with van der Waals surface area (Å²) in [5, 5.41) is 29.1. The van der Waals surface area contributed by atoms with Crippen LogP contribution >= 0.6 is 49.9 Å². The van der Waals surface area contributed by atoms with Gasteiger partial charge < -0.3 is 9.84 Å². The Balaban J connectivity index is 2.41. The highest BCUT2D eigenvalue weighted by atomic mass is 127. The zero-order valence-corrected chi connectivity index (χ0v) is 19.9. The van der Waals surface area contributed by atoms with E-state index in [9.17, 15) is 25.2 Å². The number of ketones is 1. The molecular weight excluding hydrogens is 571 g/mol. The maximum atomic E-state index is 12.7. The zero-order valence-electron chi connectivity index (χ0n) is 15.4. The number of aromatic hydroxyl groups is 1. The van der Waals surface area contributed by atoms with Crippen LogP contribution in [0.3, 0.4) is 0 Å². The Morgan fingerprint density at radius 3 is 2.66 bits per heavy atom. The van der Waals surface area contributed by atoms with Crippen LogP contribution in [0.5, 0.6) is 5.75 Å². The molecule has 0 amide bonds. The van der Waals surface area contributed by atoms with Crippen molar-refractivity contribution in [2.45, 2.75) is 20.3 Å². The third kappa shape index (κ3) is 5.24. The van der Waals surface area contributed by atoms with E-state index in [0.717, 1.165) is 11.3 Å². The van der Waals surface area contributed by atoms with Gasteiger partial charge in [0.05, 0.1) is 21.3 Å². The number of hydrogen-bond donors (Lipinski definition) is 1. The van der Waals surface area contributed by atoms with Crippen molar-refractivity contribution in [2.75, 3.05) is 6.61 Å². The van der Waals surface area contributed by atoms with Crippen molar-refractivity contribution in [3.63, 3.8) is 0 Å². The van der Waals surface area contributed by atoms with Crippen LogP contribution in [-0.2, 0) is 16.0 Å². The molecule has 0 aliphatic carbocycles. The van der Waals surface area contributed by atoms with Gasteiger partial charge in [-0.05, 0) is 60.2 Å². The zero-order chi connectivity index (χ0) is 21.7. The first-order valence-electron chi connectivity index (χ1n) is 8.25. The molecule has 6 nitrogen and oxygen atoms in total. The summed E-state index contributed by atoms with van der Waals surface area (Å²) in [6.45, 7) is 3.50. The molecule has 0 saturated carbocycles. The van der Waals surface area contributed by atoms with Gasteiger partial charge in [0.2, 0.25) is 0 Å². The van der Waals surface area contributed by atoms with Crippen molar-refractivity contribution in [3.8, 4) is 17.9 Å². The predicted octanol–water partition coefficient (Wildman–Crippen LogP) is 4.90. The number of Topliss-reactive ketones (excluding diaryl/α,β-unsaturated/α-hetero) is 1. The van der Waals surface area contributed by atoms with Crippen LogP contribution in [0, 0.1) is 33.2 Å². The minimum absolute atomic E-state index is 0.0383. The summed E-state index contributed by atoms with van der Waals surface area (Å²) in [5.41, 5.74) is 0.856. The molecule has 9 heteroatoms. The van der Waals surface area contributed by atoms with Crippen LogP contribution in [0.2, 0.25) is 0 Å². The fourth-order valence-electron chi connectivity index (χ4n) is 2.50. The van der Waals surface area contributed by atoms with Gasteiger partial charge in [-0.2, -0.15) is 10.5 Å². The molecule has 0 unspecified atom stereocenters. The van der Waals surface area contributed by atoms with E-state index in [0.29, 0.717) is 24.0 Å². The van der Waals surface area contributed by atoms with Gasteiger partial charge >= 0.3 is 5.97 Å². The number of hydrogen-bond acceptors (Lipinski definition) is 7. The lowest BCUT2D eigenvalue weighted by Crippen LogP contribution is -2.05. The van der Waals surface area contributed by atoms with Crippen molar-refractivity contribution in [3.05, 3.63) is 52.2 Å². The largest absolute Gasteiger partial charge is 0.506 e. The number of benzene rings is 1. The van der Waals surface area contributed by atoms with Crippen molar-refractivity contribution in [1.29, 1.82) is 10.5 Å². The molecule has 29 heavy (non-hydrogen) atoms. The highest BCUT2D eigenvalue weighted by Gasteiger charge is 2.23. The summed E-state index contributed by atoms with van der Waals surface area (Å²) in [4.78, 5) is 25.4. The number of phenolic OH excluding ortho intramolecular Hbond substituents is 1. The van der Waals surface area contributed by atoms with Gasteiger partial charge in [0, 0.05) is 21.3 Å². The van der Waals surface area contributed by atoms with Gasteiger partial charge in [0.15, 0.2) is 5.78 Å². The minimum Gasteiger partial charge on any atom is -0.506 e. The first-order chi connectivity index (χ1) is 13.7. The molecule has 0 bridgehead atoms. The minimum atomic E-state index is -0.546. The van der Waals surface area contributed by atoms with Crippen LogP contribution < -0.4 is 0 Å². The van der Waals surface area contributed by atoms with Crippen molar-refractivity contribution in [2.24, 2.45) is 0 Å². The fourth-order valence-corrected chi connectivity index (χ4v) is 5.20. The van der Waals surface area contributed by atoms with Crippen molar-refractivity contribution in [1.82, 2.24) is 0 Å². The number of carbonyl (C=O) groups is 2. The lowest BCUT2D eigenvalue weighted by molar-refractivity contribution is -0.114. The second-order valence-electron chi connectivity index (χ2n) is 5.78. The van der Waals surface area contributed by atoms with Crippen LogP contribution in [-0.4, -0.2) is 23.5 Å². The molecule has 148 valence electrons. The van der Waals surface area contributed by atoms with Crippen LogP contribution in [0.25, 0.3) is 6.08 Å². The lowest BCUT2D eigenvalue weighted by Gasteiger charge is -2.04. The number of thiophene rings is 1. The monoisotopic (exact) mass is 584 g/mol. The Bertz CT molecular complexity index is 1110. The summed E-state index contributed by atoms with van der Waals surface area (Å²) in [6.07, 6.45) is 1.10. The van der Waals surface area contributed by atoms with Crippen LogP contribution in [0.1, 0.15) is 38.2 Å². The van der Waals surface area contributed by atoms with E-state index >= 15 is 0 Å². The summed E-state index contributed by atoms with van der Waals surface area (Å²) in [5.74, 6) is -1.10. The van der Waals surface area contributed by atoms with E-state index in [1.807, 2.05) is 34.7 Å². The molecule has 0 atom stereocenters. The van der Waals surface area contributed by atoms with E-state index in [1.165, 1.54) is 6.08 Å². The summed E-state index contributed by atoms with van der Waals surface area (Å²) >= 11 is 6.27. The van der Waals surface area contributed by atoms with E-state index < -0.39 is 11.8 Å². The highest BCUT2D eigenvalue weighted by molar-refractivity contribution is 14.1. The quantitative estimate of drug-likeness (QED) is 0.224. The van der Waals surface area contributed by atoms with Gasteiger partial charge in [-0.1, -0.05) is 15.9 Å². The van der Waals surface area contributed by atoms with Gasteiger partial charge in [-0.15, -0.1) is 11.3 Å². The molecule has 2 aromatic rings. The number of halogens is 2. The Labute approximate surface area is 193 Å².